The van der Waals surface area contributed by atoms with Crippen LogP contribution in [0, 0.1) is 12.7 Å². The van der Waals surface area contributed by atoms with Gasteiger partial charge in [0.15, 0.2) is 0 Å². The van der Waals surface area contributed by atoms with E-state index in [4.69, 9.17) is 16.7 Å². The molecule has 4 heteroatoms. The molecular formula is C15H12ClFO2. The summed E-state index contributed by atoms with van der Waals surface area (Å²) < 4.78 is 12.9. The fraction of sp³-hybridized carbons (Fsp3) is 0.133. The van der Waals surface area contributed by atoms with Crippen molar-refractivity contribution >= 4 is 17.6 Å². The normalized spacial score (nSPS) is 10.5. The zero-order chi connectivity index (χ0) is 14.0. The monoisotopic (exact) mass is 278 g/mol. The minimum Gasteiger partial charge on any atom is -0.481 e. The van der Waals surface area contributed by atoms with Gasteiger partial charge < -0.3 is 5.11 Å². The number of aliphatic carboxylic acids is 1. The first-order valence-electron chi connectivity index (χ1n) is 5.74. The Labute approximate surface area is 115 Å². The zero-order valence-electron chi connectivity index (χ0n) is 10.3. The van der Waals surface area contributed by atoms with Gasteiger partial charge in [-0.25, -0.2) is 4.39 Å². The summed E-state index contributed by atoms with van der Waals surface area (Å²) in [6.07, 6.45) is -0.125. The number of rotatable bonds is 3. The molecule has 0 aliphatic heterocycles. The molecule has 0 saturated heterocycles. The summed E-state index contributed by atoms with van der Waals surface area (Å²) >= 11 is 6.28. The third kappa shape index (κ3) is 2.93. The number of benzene rings is 2. The Bertz CT molecular complexity index is 621. The van der Waals surface area contributed by atoms with Gasteiger partial charge in [-0.3, -0.25) is 4.79 Å². The first-order chi connectivity index (χ1) is 8.99. The van der Waals surface area contributed by atoms with Gasteiger partial charge in [-0.15, -0.1) is 0 Å². The van der Waals surface area contributed by atoms with E-state index >= 15 is 0 Å². The molecule has 19 heavy (non-hydrogen) atoms. The highest BCUT2D eigenvalue weighted by Crippen LogP contribution is 2.33. The molecule has 0 radical (unpaired) electrons. The number of aryl methyl sites for hydroxylation is 1. The van der Waals surface area contributed by atoms with E-state index in [0.717, 1.165) is 11.1 Å². The van der Waals surface area contributed by atoms with Gasteiger partial charge in [0.05, 0.1) is 11.4 Å². The molecule has 0 heterocycles. The summed E-state index contributed by atoms with van der Waals surface area (Å²) in [5.74, 6) is -1.25. The van der Waals surface area contributed by atoms with Crippen LogP contribution in [0.3, 0.4) is 0 Å². The molecule has 0 amide bonds. The lowest BCUT2D eigenvalue weighted by Crippen LogP contribution is -2.03. The van der Waals surface area contributed by atoms with Crippen LogP contribution in [0.2, 0.25) is 5.02 Å². The van der Waals surface area contributed by atoms with Gasteiger partial charge in [0.25, 0.3) is 0 Å². The Balaban J connectivity index is 2.53. The second kappa shape index (κ2) is 5.41. The third-order valence-electron chi connectivity index (χ3n) is 2.96. The molecule has 2 aromatic rings. The van der Waals surface area contributed by atoms with Crippen molar-refractivity contribution in [2.45, 2.75) is 13.3 Å². The van der Waals surface area contributed by atoms with E-state index in [1.54, 1.807) is 12.1 Å². The fourth-order valence-electron chi connectivity index (χ4n) is 1.94. The second-order valence-electron chi connectivity index (χ2n) is 4.30. The van der Waals surface area contributed by atoms with Crippen molar-refractivity contribution in [1.82, 2.24) is 0 Å². The molecule has 0 unspecified atom stereocenters. The predicted octanol–water partition coefficient (Wildman–Crippen LogP) is 4.08. The van der Waals surface area contributed by atoms with E-state index in [-0.39, 0.29) is 12.2 Å². The van der Waals surface area contributed by atoms with Crippen LogP contribution in [-0.4, -0.2) is 11.1 Å². The SMILES string of the molecule is Cc1ccc(-c2ccc(F)cc2)c(Cl)c1CC(=O)O. The molecular weight excluding hydrogens is 267 g/mol. The molecule has 0 spiro atoms. The van der Waals surface area contributed by atoms with Crippen LogP contribution in [-0.2, 0) is 11.2 Å². The number of halogens is 2. The van der Waals surface area contributed by atoms with Crippen LogP contribution in [0.4, 0.5) is 4.39 Å². The second-order valence-corrected chi connectivity index (χ2v) is 4.68. The fourth-order valence-corrected chi connectivity index (χ4v) is 2.33. The number of carbonyl (C=O) groups is 1. The molecule has 2 nitrogen and oxygen atoms in total. The zero-order valence-corrected chi connectivity index (χ0v) is 11.0. The molecule has 0 bridgehead atoms. The van der Waals surface area contributed by atoms with E-state index in [1.807, 2.05) is 19.1 Å². The van der Waals surface area contributed by atoms with E-state index < -0.39 is 5.97 Å². The van der Waals surface area contributed by atoms with Crippen molar-refractivity contribution in [1.29, 1.82) is 0 Å². The highest BCUT2D eigenvalue weighted by Gasteiger charge is 2.13. The quantitative estimate of drug-likeness (QED) is 0.918. The van der Waals surface area contributed by atoms with Crippen molar-refractivity contribution < 1.29 is 14.3 Å². The van der Waals surface area contributed by atoms with Crippen LogP contribution < -0.4 is 0 Å². The number of hydrogen-bond acceptors (Lipinski definition) is 1. The maximum atomic E-state index is 12.9. The van der Waals surface area contributed by atoms with Gasteiger partial charge in [0.1, 0.15) is 5.82 Å². The van der Waals surface area contributed by atoms with E-state index in [0.29, 0.717) is 16.1 Å². The summed E-state index contributed by atoms with van der Waals surface area (Å²) in [6, 6.07) is 9.58. The van der Waals surface area contributed by atoms with Crippen LogP contribution in [0.5, 0.6) is 0 Å². The lowest BCUT2D eigenvalue weighted by molar-refractivity contribution is -0.136. The van der Waals surface area contributed by atoms with Gasteiger partial charge in [0, 0.05) is 5.56 Å². The molecule has 0 aliphatic carbocycles. The average Bonchev–Trinajstić information content (AvgIpc) is 2.36. The van der Waals surface area contributed by atoms with Crippen LogP contribution in [0.15, 0.2) is 36.4 Å². The molecule has 2 rings (SSSR count). The summed E-state index contributed by atoms with van der Waals surface area (Å²) in [6.45, 7) is 1.82. The minimum absolute atomic E-state index is 0.125. The predicted molar refractivity (Wildman–Crippen MR) is 72.9 cm³/mol. The topological polar surface area (TPSA) is 37.3 Å². The standard InChI is InChI=1S/C15H12ClFO2/c1-9-2-7-12(10-3-5-11(17)6-4-10)15(16)13(9)8-14(18)19/h2-7H,8H2,1H3,(H,18,19). The maximum Gasteiger partial charge on any atom is 0.307 e. The van der Waals surface area contributed by atoms with E-state index in [1.165, 1.54) is 12.1 Å². The van der Waals surface area contributed by atoms with Gasteiger partial charge in [-0.2, -0.15) is 0 Å². The Hall–Kier alpha value is -1.87. The average molecular weight is 279 g/mol. The van der Waals surface area contributed by atoms with Gasteiger partial charge in [-0.1, -0.05) is 35.9 Å². The van der Waals surface area contributed by atoms with Crippen molar-refractivity contribution in [2.24, 2.45) is 0 Å². The van der Waals surface area contributed by atoms with Crippen molar-refractivity contribution in [3.8, 4) is 11.1 Å². The molecule has 0 aliphatic rings. The van der Waals surface area contributed by atoms with Gasteiger partial charge in [0.2, 0.25) is 0 Å². The molecule has 1 N–H and O–H groups in total. The molecule has 98 valence electrons. The summed E-state index contributed by atoms with van der Waals surface area (Å²) in [4.78, 5) is 10.9. The van der Waals surface area contributed by atoms with Crippen LogP contribution >= 0.6 is 11.6 Å². The van der Waals surface area contributed by atoms with Crippen LogP contribution in [0.1, 0.15) is 11.1 Å². The Kier molecular flexibility index (Phi) is 3.86. The Morgan fingerprint density at radius 2 is 1.84 bits per heavy atom. The van der Waals surface area contributed by atoms with Crippen molar-refractivity contribution in [3.63, 3.8) is 0 Å². The summed E-state index contributed by atoms with van der Waals surface area (Å²) in [7, 11) is 0. The Morgan fingerprint density at radius 3 is 2.42 bits per heavy atom. The summed E-state index contributed by atoms with van der Waals surface area (Å²) in [5, 5.41) is 9.32. The largest absolute Gasteiger partial charge is 0.481 e. The molecule has 0 fully saturated rings. The van der Waals surface area contributed by atoms with Gasteiger partial charge >= 0.3 is 5.97 Å². The maximum absolute atomic E-state index is 12.9. The number of carboxylic acids is 1. The Morgan fingerprint density at radius 1 is 1.21 bits per heavy atom. The number of hydrogen-bond donors (Lipinski definition) is 1. The first-order valence-corrected chi connectivity index (χ1v) is 6.12. The van der Waals surface area contributed by atoms with E-state index in [9.17, 15) is 9.18 Å². The van der Waals surface area contributed by atoms with E-state index in [2.05, 4.69) is 0 Å². The molecule has 0 aromatic heterocycles. The smallest absolute Gasteiger partial charge is 0.307 e. The first kappa shape index (κ1) is 13.6. The lowest BCUT2D eigenvalue weighted by atomic mass is 9.98. The van der Waals surface area contributed by atoms with Crippen molar-refractivity contribution in [2.75, 3.05) is 0 Å². The number of carboxylic acid groups (broad SMARTS) is 1. The molecule has 2 aromatic carbocycles. The van der Waals surface area contributed by atoms with Crippen molar-refractivity contribution in [3.05, 3.63) is 58.4 Å². The minimum atomic E-state index is -0.929. The highest BCUT2D eigenvalue weighted by molar-refractivity contribution is 6.34. The molecule has 0 saturated carbocycles. The lowest BCUT2D eigenvalue weighted by Gasteiger charge is -2.11. The van der Waals surface area contributed by atoms with Gasteiger partial charge in [-0.05, 0) is 35.7 Å². The third-order valence-corrected chi connectivity index (χ3v) is 3.39. The van der Waals surface area contributed by atoms with Crippen LogP contribution in [0.25, 0.3) is 11.1 Å². The highest BCUT2D eigenvalue weighted by atomic mass is 35.5. The molecule has 0 atom stereocenters. The summed E-state index contributed by atoms with van der Waals surface area (Å²) in [5.41, 5.74) is 2.90.